The van der Waals surface area contributed by atoms with Crippen LogP contribution in [0.25, 0.3) is 0 Å². The van der Waals surface area contributed by atoms with Gasteiger partial charge >= 0.3 is 6.03 Å². The molecule has 1 saturated carbocycles. The molecule has 0 radical (unpaired) electrons. The van der Waals surface area contributed by atoms with Crippen LogP contribution < -0.4 is 15.8 Å². The third-order valence-electron chi connectivity index (χ3n) is 4.17. The van der Waals surface area contributed by atoms with E-state index in [9.17, 15) is 9.18 Å². The summed E-state index contributed by atoms with van der Waals surface area (Å²) in [5.74, 6) is -0.297. The van der Waals surface area contributed by atoms with Crippen molar-refractivity contribution in [1.29, 1.82) is 0 Å². The van der Waals surface area contributed by atoms with Crippen molar-refractivity contribution in [1.82, 2.24) is 10.7 Å². The van der Waals surface area contributed by atoms with Crippen molar-refractivity contribution in [2.75, 3.05) is 5.01 Å². The highest BCUT2D eigenvalue weighted by molar-refractivity contribution is 5.93. The number of nitrogens with one attached hydrogen (secondary N) is 2. The van der Waals surface area contributed by atoms with E-state index >= 15 is 0 Å². The molecule has 108 valence electrons. The molecule has 1 aromatic rings. The van der Waals surface area contributed by atoms with Crippen LogP contribution in [0.3, 0.4) is 0 Å². The Labute approximate surface area is 118 Å². The van der Waals surface area contributed by atoms with Gasteiger partial charge in [0.05, 0.1) is 5.69 Å². The van der Waals surface area contributed by atoms with Gasteiger partial charge in [0.25, 0.3) is 0 Å². The normalized spacial score (nSPS) is 22.4. The van der Waals surface area contributed by atoms with Crippen molar-refractivity contribution < 1.29 is 9.18 Å². The van der Waals surface area contributed by atoms with Gasteiger partial charge in [-0.1, -0.05) is 19.3 Å². The second kappa shape index (κ2) is 5.40. The second-order valence-electron chi connectivity index (χ2n) is 5.70. The van der Waals surface area contributed by atoms with E-state index in [1.54, 1.807) is 12.1 Å². The summed E-state index contributed by atoms with van der Waals surface area (Å²) in [5.41, 5.74) is 3.65. The maximum atomic E-state index is 13.0. The van der Waals surface area contributed by atoms with Gasteiger partial charge in [-0.05, 0) is 49.9 Å². The fourth-order valence-electron chi connectivity index (χ4n) is 3.07. The number of urea groups is 1. The largest absolute Gasteiger partial charge is 0.338 e. The number of anilines is 1. The number of carbonyl (C=O) groups excluding carboxylic acids is 1. The predicted molar refractivity (Wildman–Crippen MR) is 75.6 cm³/mol. The fraction of sp³-hybridized carbons (Fsp3) is 0.533. The lowest BCUT2D eigenvalue weighted by atomic mass is 9.92. The van der Waals surface area contributed by atoms with Gasteiger partial charge < -0.3 is 5.32 Å². The van der Waals surface area contributed by atoms with Gasteiger partial charge in [0.2, 0.25) is 0 Å². The predicted octanol–water partition coefficient (Wildman–Crippen LogP) is 3.30. The van der Waals surface area contributed by atoms with Crippen molar-refractivity contribution >= 4 is 11.7 Å². The quantitative estimate of drug-likeness (QED) is 0.827. The number of carbonyl (C=O) groups is 1. The van der Waals surface area contributed by atoms with Crippen LogP contribution in [0.5, 0.6) is 0 Å². The molecule has 1 aliphatic heterocycles. The van der Waals surface area contributed by atoms with Gasteiger partial charge in [-0.25, -0.2) is 19.6 Å². The third-order valence-corrected chi connectivity index (χ3v) is 4.17. The summed E-state index contributed by atoms with van der Waals surface area (Å²) in [4.78, 5) is 12.2. The first kappa shape index (κ1) is 13.4. The highest BCUT2D eigenvalue weighted by atomic mass is 19.1. The van der Waals surface area contributed by atoms with E-state index in [1.807, 2.05) is 0 Å². The second-order valence-corrected chi connectivity index (χ2v) is 5.70. The number of amides is 2. The molecule has 4 nitrogen and oxygen atoms in total. The summed E-state index contributed by atoms with van der Waals surface area (Å²) in [6.45, 7) is 0. The lowest BCUT2D eigenvalue weighted by Crippen LogP contribution is -2.51. The monoisotopic (exact) mass is 277 g/mol. The molecule has 20 heavy (non-hydrogen) atoms. The molecule has 0 bridgehead atoms. The summed E-state index contributed by atoms with van der Waals surface area (Å²) in [7, 11) is 0. The van der Waals surface area contributed by atoms with Crippen LogP contribution >= 0.6 is 0 Å². The number of nitrogens with zero attached hydrogens (tertiary/aromatic N) is 1. The number of halogens is 1. The molecule has 2 amide bonds. The minimum Gasteiger partial charge on any atom is -0.317 e. The average Bonchev–Trinajstić information content (AvgIpc) is 2.74. The Morgan fingerprint density at radius 2 is 1.60 bits per heavy atom. The van der Waals surface area contributed by atoms with Gasteiger partial charge in [0.1, 0.15) is 11.5 Å². The van der Waals surface area contributed by atoms with Crippen molar-refractivity contribution in [3.8, 4) is 0 Å². The van der Waals surface area contributed by atoms with E-state index < -0.39 is 0 Å². The van der Waals surface area contributed by atoms with Gasteiger partial charge in [-0.15, -0.1) is 0 Å². The molecule has 1 spiro atoms. The smallest absolute Gasteiger partial charge is 0.317 e. The maximum absolute atomic E-state index is 13.0. The van der Waals surface area contributed by atoms with Crippen molar-refractivity contribution in [2.45, 2.75) is 50.6 Å². The lowest BCUT2D eigenvalue weighted by Gasteiger charge is -2.31. The van der Waals surface area contributed by atoms with E-state index in [0.29, 0.717) is 5.69 Å². The lowest BCUT2D eigenvalue weighted by molar-refractivity contribution is 0.232. The molecule has 1 aromatic carbocycles. The first-order chi connectivity index (χ1) is 9.69. The first-order valence-corrected chi connectivity index (χ1v) is 7.34. The first-order valence-electron chi connectivity index (χ1n) is 7.34. The van der Waals surface area contributed by atoms with E-state index in [4.69, 9.17) is 0 Å². The van der Waals surface area contributed by atoms with Crippen molar-refractivity contribution in [3.63, 3.8) is 0 Å². The fourth-order valence-corrected chi connectivity index (χ4v) is 3.07. The molecular weight excluding hydrogens is 257 g/mol. The Hall–Kier alpha value is -1.62. The van der Waals surface area contributed by atoms with Gasteiger partial charge in [-0.3, -0.25) is 0 Å². The zero-order valence-corrected chi connectivity index (χ0v) is 11.5. The Balaban J connectivity index is 1.78. The molecule has 2 aliphatic rings. The molecule has 3 rings (SSSR count). The average molecular weight is 277 g/mol. The molecule has 2 N–H and O–H groups in total. The maximum Gasteiger partial charge on any atom is 0.338 e. The Morgan fingerprint density at radius 1 is 1.00 bits per heavy atom. The third kappa shape index (κ3) is 2.63. The summed E-state index contributed by atoms with van der Waals surface area (Å²) in [6.07, 6.45) is 7.83. The van der Waals surface area contributed by atoms with E-state index in [1.165, 1.54) is 36.4 Å². The molecular formula is C15H20FN3O. The summed E-state index contributed by atoms with van der Waals surface area (Å²) < 4.78 is 13.0. The Kier molecular flexibility index (Phi) is 3.61. The molecule has 1 saturated heterocycles. The molecule has 0 atom stereocenters. The minimum atomic E-state index is -0.327. The van der Waals surface area contributed by atoms with Crippen LogP contribution in [0.4, 0.5) is 14.9 Å². The van der Waals surface area contributed by atoms with Crippen LogP contribution in [0.15, 0.2) is 24.3 Å². The molecule has 2 fully saturated rings. The number of hydrogen-bond acceptors (Lipinski definition) is 2. The highest BCUT2D eigenvalue weighted by Crippen LogP contribution is 2.29. The standard InChI is InChI=1S/C15H20FN3O/c16-12-6-8-13(9-7-12)19-14(20)17-15(18-19)10-4-2-1-3-5-11-15/h6-9,18H,1-5,10-11H2,(H,17,20). The number of benzene rings is 1. The number of rotatable bonds is 1. The summed E-state index contributed by atoms with van der Waals surface area (Å²) in [6, 6.07) is 5.81. The van der Waals surface area contributed by atoms with E-state index in [-0.39, 0.29) is 17.5 Å². The zero-order valence-electron chi connectivity index (χ0n) is 11.5. The molecule has 1 heterocycles. The van der Waals surface area contributed by atoms with Gasteiger partial charge in [-0.2, -0.15) is 0 Å². The van der Waals surface area contributed by atoms with Crippen LogP contribution in [-0.4, -0.2) is 11.7 Å². The Bertz CT molecular complexity index is 480. The highest BCUT2D eigenvalue weighted by Gasteiger charge is 2.42. The van der Waals surface area contributed by atoms with E-state index in [0.717, 1.165) is 25.7 Å². The Morgan fingerprint density at radius 3 is 2.25 bits per heavy atom. The number of hydrogen-bond donors (Lipinski definition) is 2. The van der Waals surface area contributed by atoms with E-state index in [2.05, 4.69) is 10.7 Å². The molecule has 0 unspecified atom stereocenters. The number of hydrazine groups is 1. The molecule has 0 aromatic heterocycles. The van der Waals surface area contributed by atoms with Gasteiger partial charge in [0.15, 0.2) is 0 Å². The van der Waals surface area contributed by atoms with Crippen LogP contribution in [0.2, 0.25) is 0 Å². The van der Waals surface area contributed by atoms with Crippen LogP contribution in [-0.2, 0) is 0 Å². The SMILES string of the molecule is O=C1NC2(CCCCCCC2)NN1c1ccc(F)cc1. The molecule has 1 aliphatic carbocycles. The summed E-state index contributed by atoms with van der Waals surface area (Å²) >= 11 is 0. The van der Waals surface area contributed by atoms with Crippen molar-refractivity contribution in [3.05, 3.63) is 30.1 Å². The van der Waals surface area contributed by atoms with Gasteiger partial charge in [0, 0.05) is 0 Å². The van der Waals surface area contributed by atoms with Crippen LogP contribution in [0.1, 0.15) is 44.9 Å². The van der Waals surface area contributed by atoms with Crippen molar-refractivity contribution in [2.24, 2.45) is 0 Å². The zero-order chi connectivity index (χ0) is 14.0. The minimum absolute atomic E-state index is 0.155. The summed E-state index contributed by atoms with van der Waals surface area (Å²) in [5, 5.41) is 4.58. The topological polar surface area (TPSA) is 44.4 Å². The van der Waals surface area contributed by atoms with Crippen LogP contribution in [0, 0.1) is 5.82 Å². The molecule has 5 heteroatoms.